The van der Waals surface area contributed by atoms with E-state index in [0.29, 0.717) is 26.1 Å². The molecule has 0 radical (unpaired) electrons. The van der Waals surface area contributed by atoms with Crippen LogP contribution in [0.25, 0.3) is 10.2 Å². The molecule has 24 heavy (non-hydrogen) atoms. The molecular formula is C17H21N3O3S. The van der Waals surface area contributed by atoms with Crippen LogP contribution in [0.4, 0.5) is 0 Å². The van der Waals surface area contributed by atoms with Gasteiger partial charge in [-0.25, -0.2) is 4.98 Å². The Morgan fingerprint density at radius 3 is 2.88 bits per heavy atom. The van der Waals surface area contributed by atoms with Crippen LogP contribution in [0.5, 0.6) is 0 Å². The highest BCUT2D eigenvalue weighted by atomic mass is 32.1. The third-order valence-corrected chi connectivity index (χ3v) is 5.24. The molecular weight excluding hydrogens is 326 g/mol. The van der Waals surface area contributed by atoms with Crippen molar-refractivity contribution in [3.8, 4) is 0 Å². The summed E-state index contributed by atoms with van der Waals surface area (Å²) >= 11 is 1.52. The van der Waals surface area contributed by atoms with Crippen molar-refractivity contribution in [2.24, 2.45) is 5.73 Å². The lowest BCUT2D eigenvalue weighted by Gasteiger charge is -2.31. The highest BCUT2D eigenvalue weighted by Crippen LogP contribution is 2.23. The number of aryl methyl sites for hydroxylation is 1. The Kier molecular flexibility index (Phi) is 4.93. The fourth-order valence-corrected chi connectivity index (χ4v) is 3.80. The molecule has 2 aromatic rings. The molecule has 0 atom stereocenters. The quantitative estimate of drug-likeness (QED) is 0.851. The second-order valence-corrected chi connectivity index (χ2v) is 7.36. The van der Waals surface area contributed by atoms with E-state index in [1.54, 1.807) is 0 Å². The summed E-state index contributed by atoms with van der Waals surface area (Å²) < 4.78 is 6.30. The topological polar surface area (TPSA) is 94.3 Å². The number of hydrogen-bond donors (Lipinski definition) is 2. The zero-order valence-corrected chi connectivity index (χ0v) is 14.4. The molecule has 0 bridgehead atoms. The van der Waals surface area contributed by atoms with E-state index in [1.807, 2.05) is 19.1 Å². The van der Waals surface area contributed by atoms with Crippen molar-refractivity contribution in [2.45, 2.75) is 31.7 Å². The van der Waals surface area contributed by atoms with Gasteiger partial charge in [0.05, 0.1) is 28.7 Å². The van der Waals surface area contributed by atoms with E-state index in [0.717, 1.165) is 15.2 Å². The number of hydrogen-bond acceptors (Lipinski definition) is 6. The summed E-state index contributed by atoms with van der Waals surface area (Å²) in [6.07, 6.45) is 1.17. The van der Waals surface area contributed by atoms with Crippen LogP contribution in [0, 0.1) is 6.92 Å². The number of nitrogens with two attached hydrogens (primary N) is 1. The monoisotopic (exact) mass is 347 g/mol. The number of fused-ring (bicyclic) bond motifs is 1. The summed E-state index contributed by atoms with van der Waals surface area (Å²) in [6, 6.07) is 6.02. The van der Waals surface area contributed by atoms with Gasteiger partial charge in [0.25, 0.3) is 0 Å². The number of ketones is 1. The van der Waals surface area contributed by atoms with Gasteiger partial charge < -0.3 is 15.8 Å². The van der Waals surface area contributed by atoms with Crippen LogP contribution in [0.15, 0.2) is 18.2 Å². The first kappa shape index (κ1) is 17.0. The Morgan fingerprint density at radius 2 is 2.12 bits per heavy atom. The van der Waals surface area contributed by atoms with E-state index in [1.165, 1.54) is 16.9 Å². The van der Waals surface area contributed by atoms with Crippen LogP contribution in [-0.2, 0) is 20.7 Å². The van der Waals surface area contributed by atoms with E-state index in [2.05, 4.69) is 16.4 Å². The molecule has 6 nitrogen and oxygen atoms in total. The molecule has 7 heteroatoms. The highest BCUT2D eigenvalue weighted by molar-refractivity contribution is 7.18. The van der Waals surface area contributed by atoms with E-state index in [-0.39, 0.29) is 24.7 Å². The number of nitrogens with zero attached hydrogens (tertiary/aromatic N) is 1. The molecule has 3 N–H and O–H groups in total. The van der Waals surface area contributed by atoms with Gasteiger partial charge in [-0.1, -0.05) is 6.07 Å². The number of Topliss-reactive ketones (excluding diaryl/α,β-unsaturated/α-hetero) is 1. The lowest BCUT2D eigenvalue weighted by molar-refractivity contribution is -0.131. The van der Waals surface area contributed by atoms with Crippen molar-refractivity contribution < 1.29 is 14.3 Å². The predicted molar refractivity (Wildman–Crippen MR) is 93.0 cm³/mol. The lowest BCUT2D eigenvalue weighted by atomic mass is 9.90. The van der Waals surface area contributed by atoms with Gasteiger partial charge in [0.2, 0.25) is 5.91 Å². The summed E-state index contributed by atoms with van der Waals surface area (Å²) in [7, 11) is 0. The first-order chi connectivity index (χ1) is 11.5. The molecule has 1 aliphatic rings. The molecule has 1 saturated heterocycles. The minimum Gasteiger partial charge on any atom is -0.381 e. The maximum absolute atomic E-state index is 12.2. The molecule has 1 aliphatic heterocycles. The minimum absolute atomic E-state index is 0.0202. The second-order valence-electron chi connectivity index (χ2n) is 6.25. The normalized spacial score (nSPS) is 16.9. The molecule has 128 valence electrons. The highest BCUT2D eigenvalue weighted by Gasteiger charge is 2.35. The average Bonchev–Trinajstić information content (AvgIpc) is 2.94. The van der Waals surface area contributed by atoms with Crippen LogP contribution < -0.4 is 11.1 Å². The van der Waals surface area contributed by atoms with Gasteiger partial charge in [-0.3, -0.25) is 9.59 Å². The lowest BCUT2D eigenvalue weighted by Crippen LogP contribution is -2.57. The van der Waals surface area contributed by atoms with Crippen molar-refractivity contribution in [1.29, 1.82) is 0 Å². The molecule has 1 aromatic heterocycles. The maximum Gasteiger partial charge on any atom is 0.240 e. The van der Waals surface area contributed by atoms with Gasteiger partial charge in [-0.05, 0) is 37.5 Å². The van der Waals surface area contributed by atoms with Crippen LogP contribution in [0.3, 0.4) is 0 Å². The first-order valence-electron chi connectivity index (χ1n) is 7.99. The number of aromatic nitrogens is 1. The largest absolute Gasteiger partial charge is 0.381 e. The van der Waals surface area contributed by atoms with Crippen LogP contribution >= 0.6 is 11.3 Å². The van der Waals surface area contributed by atoms with Gasteiger partial charge in [0, 0.05) is 13.2 Å². The number of nitrogens with one attached hydrogen (secondary N) is 1. The SMILES string of the molecule is Cc1ccc2nc(CC(=O)CNC(=O)C3(N)CCOCC3)sc2c1. The van der Waals surface area contributed by atoms with Crippen molar-refractivity contribution >= 4 is 33.2 Å². The molecule has 1 aromatic carbocycles. The van der Waals surface area contributed by atoms with Crippen molar-refractivity contribution in [1.82, 2.24) is 10.3 Å². The third kappa shape index (κ3) is 3.80. The Labute approximate surface area is 144 Å². The number of ether oxygens (including phenoxy) is 1. The van der Waals surface area contributed by atoms with Crippen molar-refractivity contribution in [3.63, 3.8) is 0 Å². The number of rotatable bonds is 5. The standard InChI is InChI=1S/C17H21N3O3S/c1-11-2-3-13-14(8-11)24-15(20-13)9-12(21)10-19-16(22)17(18)4-6-23-7-5-17/h2-3,8H,4-7,9-10,18H2,1H3,(H,19,22). The fraction of sp³-hybridized carbons (Fsp3) is 0.471. The van der Waals surface area contributed by atoms with Crippen molar-refractivity contribution in [2.75, 3.05) is 19.8 Å². The fourth-order valence-electron chi connectivity index (χ4n) is 2.70. The van der Waals surface area contributed by atoms with Gasteiger partial charge in [-0.2, -0.15) is 0 Å². The zero-order chi connectivity index (χ0) is 17.2. The smallest absolute Gasteiger partial charge is 0.240 e. The number of carbonyl (C=O) groups excluding carboxylic acids is 2. The molecule has 0 unspecified atom stereocenters. The molecule has 0 aliphatic carbocycles. The van der Waals surface area contributed by atoms with Crippen LogP contribution in [0.1, 0.15) is 23.4 Å². The van der Waals surface area contributed by atoms with E-state index in [9.17, 15) is 9.59 Å². The summed E-state index contributed by atoms with van der Waals surface area (Å²) in [5.74, 6) is -0.353. The summed E-state index contributed by atoms with van der Waals surface area (Å²) in [6.45, 7) is 2.96. The molecule has 2 heterocycles. The van der Waals surface area contributed by atoms with Gasteiger partial charge in [0.15, 0.2) is 5.78 Å². The number of amides is 1. The second kappa shape index (κ2) is 6.96. The first-order valence-corrected chi connectivity index (χ1v) is 8.81. The Hall–Kier alpha value is -1.83. The molecule has 0 spiro atoms. The van der Waals surface area contributed by atoms with Gasteiger partial charge >= 0.3 is 0 Å². The minimum atomic E-state index is -0.925. The number of thiazole rings is 1. The molecule has 1 amide bonds. The molecule has 0 saturated carbocycles. The summed E-state index contributed by atoms with van der Waals surface area (Å²) in [5, 5.41) is 3.43. The average molecular weight is 347 g/mol. The van der Waals surface area contributed by atoms with Crippen LogP contribution in [-0.4, -0.2) is 42.0 Å². The van der Waals surface area contributed by atoms with Crippen LogP contribution in [0.2, 0.25) is 0 Å². The van der Waals surface area contributed by atoms with Crippen molar-refractivity contribution in [3.05, 3.63) is 28.8 Å². The Bertz CT molecular complexity index is 766. The van der Waals surface area contributed by atoms with E-state index >= 15 is 0 Å². The van der Waals surface area contributed by atoms with Gasteiger partial charge in [0.1, 0.15) is 5.01 Å². The predicted octanol–water partition coefficient (Wildman–Crippen LogP) is 1.34. The third-order valence-electron chi connectivity index (χ3n) is 4.22. The zero-order valence-electron chi connectivity index (χ0n) is 13.6. The summed E-state index contributed by atoms with van der Waals surface area (Å²) in [5.41, 5.74) is 7.24. The number of carbonyl (C=O) groups is 2. The molecule has 3 rings (SSSR count). The van der Waals surface area contributed by atoms with Gasteiger partial charge in [-0.15, -0.1) is 11.3 Å². The Balaban J connectivity index is 1.55. The van der Waals surface area contributed by atoms with E-state index < -0.39 is 5.54 Å². The maximum atomic E-state index is 12.2. The summed E-state index contributed by atoms with van der Waals surface area (Å²) in [4.78, 5) is 28.8. The number of benzene rings is 1. The Morgan fingerprint density at radius 1 is 1.38 bits per heavy atom. The van der Waals surface area contributed by atoms with E-state index in [4.69, 9.17) is 10.5 Å². The molecule has 1 fully saturated rings.